The van der Waals surface area contributed by atoms with Crippen molar-refractivity contribution in [3.05, 3.63) is 0 Å². The Morgan fingerprint density at radius 2 is 1.05 bits per heavy atom. The molecule has 0 amide bonds. The van der Waals surface area contributed by atoms with Crippen LogP contribution in [0, 0.1) is 10.8 Å². The molecule has 3 aliphatic carbocycles. The van der Waals surface area contributed by atoms with Gasteiger partial charge in [0.25, 0.3) is 0 Å². The molecule has 2 N–H and O–H groups in total. The largest absolute Gasteiger partial charge is 0.390 e. The highest BCUT2D eigenvalue weighted by Crippen LogP contribution is 2.65. The first-order valence-electron chi connectivity index (χ1n) is 8.86. The van der Waals surface area contributed by atoms with Gasteiger partial charge in [-0.2, -0.15) is 0 Å². The number of aliphatic hydroxyl groups excluding tert-OH is 2. The summed E-state index contributed by atoms with van der Waals surface area (Å²) in [4.78, 5) is 24.3. The molecular formula is C18H28O4. The molecule has 0 aliphatic heterocycles. The van der Waals surface area contributed by atoms with Crippen LogP contribution < -0.4 is 0 Å². The summed E-state index contributed by atoms with van der Waals surface area (Å²) in [6.07, 6.45) is 7.77. The first-order chi connectivity index (χ1) is 10.5. The molecule has 0 unspecified atom stereocenters. The van der Waals surface area contributed by atoms with Crippen molar-refractivity contribution in [3.8, 4) is 0 Å². The van der Waals surface area contributed by atoms with Gasteiger partial charge in [-0.1, -0.05) is 25.7 Å². The molecule has 0 heterocycles. The predicted octanol–water partition coefficient (Wildman–Crippen LogP) is 2.54. The second-order valence-electron chi connectivity index (χ2n) is 7.97. The molecule has 22 heavy (non-hydrogen) atoms. The van der Waals surface area contributed by atoms with Gasteiger partial charge < -0.3 is 10.2 Å². The smallest absolute Gasteiger partial charge is 0.134 e. The van der Waals surface area contributed by atoms with E-state index in [1.165, 1.54) is 0 Å². The van der Waals surface area contributed by atoms with Crippen LogP contribution in [0.4, 0.5) is 0 Å². The van der Waals surface area contributed by atoms with E-state index in [0.29, 0.717) is 50.1 Å². The Balaban J connectivity index is 1.80. The van der Waals surface area contributed by atoms with Crippen LogP contribution in [0.2, 0.25) is 0 Å². The summed E-state index contributed by atoms with van der Waals surface area (Å²) in [5.41, 5.74) is -0.187. The lowest BCUT2D eigenvalue weighted by Gasteiger charge is -2.40. The minimum atomic E-state index is -0.628. The van der Waals surface area contributed by atoms with Gasteiger partial charge in [0.15, 0.2) is 0 Å². The van der Waals surface area contributed by atoms with E-state index in [1.807, 2.05) is 0 Å². The quantitative estimate of drug-likeness (QED) is 0.721. The van der Waals surface area contributed by atoms with Gasteiger partial charge in [0.2, 0.25) is 0 Å². The van der Waals surface area contributed by atoms with Crippen molar-refractivity contribution in [2.24, 2.45) is 10.8 Å². The molecular weight excluding hydrogens is 280 g/mol. The molecule has 0 aromatic carbocycles. The molecule has 0 bridgehead atoms. The van der Waals surface area contributed by atoms with Crippen LogP contribution in [0.1, 0.15) is 77.0 Å². The molecule has 4 nitrogen and oxygen atoms in total. The van der Waals surface area contributed by atoms with Gasteiger partial charge in [0, 0.05) is 25.7 Å². The third-order valence-electron chi connectivity index (χ3n) is 6.52. The van der Waals surface area contributed by atoms with Gasteiger partial charge in [-0.25, -0.2) is 0 Å². The van der Waals surface area contributed by atoms with E-state index in [0.717, 1.165) is 38.5 Å². The fraction of sp³-hybridized carbons (Fsp3) is 0.889. The van der Waals surface area contributed by atoms with Crippen LogP contribution >= 0.6 is 0 Å². The van der Waals surface area contributed by atoms with Crippen molar-refractivity contribution < 1.29 is 19.8 Å². The Hall–Kier alpha value is -0.740. The lowest BCUT2D eigenvalue weighted by molar-refractivity contribution is -0.120. The van der Waals surface area contributed by atoms with Crippen molar-refractivity contribution in [2.45, 2.75) is 89.3 Å². The van der Waals surface area contributed by atoms with E-state index < -0.39 is 12.2 Å². The summed E-state index contributed by atoms with van der Waals surface area (Å²) in [5.74, 6) is 0.671. The Morgan fingerprint density at radius 1 is 0.682 bits per heavy atom. The third-order valence-corrected chi connectivity index (χ3v) is 6.52. The highest BCUT2D eigenvalue weighted by Gasteiger charge is 2.61. The number of aliphatic hydroxyl groups is 2. The van der Waals surface area contributed by atoms with E-state index in [2.05, 4.69) is 0 Å². The maximum Gasteiger partial charge on any atom is 0.134 e. The Morgan fingerprint density at radius 3 is 1.41 bits per heavy atom. The number of ketones is 2. The van der Waals surface area contributed by atoms with E-state index in [9.17, 15) is 19.8 Å². The highest BCUT2D eigenvalue weighted by atomic mass is 16.3. The van der Waals surface area contributed by atoms with Crippen LogP contribution in [0.25, 0.3) is 0 Å². The maximum absolute atomic E-state index is 12.2. The first kappa shape index (κ1) is 16.1. The molecule has 3 fully saturated rings. The molecule has 0 aromatic heterocycles. The van der Waals surface area contributed by atoms with Crippen LogP contribution in [-0.2, 0) is 9.59 Å². The van der Waals surface area contributed by atoms with Crippen LogP contribution in [0.15, 0.2) is 0 Å². The maximum atomic E-state index is 12.2. The number of carbonyl (C=O) groups excluding carboxylic acids is 2. The minimum Gasteiger partial charge on any atom is -0.390 e. The van der Waals surface area contributed by atoms with Gasteiger partial charge in [-0.05, 0) is 36.5 Å². The monoisotopic (exact) mass is 308 g/mol. The third kappa shape index (κ3) is 2.76. The lowest BCUT2D eigenvalue weighted by Crippen LogP contribution is -2.33. The van der Waals surface area contributed by atoms with Gasteiger partial charge in [0.05, 0.1) is 12.2 Å². The zero-order chi connectivity index (χ0) is 15.8. The minimum absolute atomic E-state index is 0.0933. The van der Waals surface area contributed by atoms with Crippen molar-refractivity contribution in [1.82, 2.24) is 0 Å². The van der Waals surface area contributed by atoms with Gasteiger partial charge in [0.1, 0.15) is 11.6 Å². The van der Waals surface area contributed by atoms with E-state index in [1.54, 1.807) is 0 Å². The van der Waals surface area contributed by atoms with Gasteiger partial charge >= 0.3 is 0 Å². The molecule has 0 saturated heterocycles. The number of carbonyl (C=O) groups is 2. The summed E-state index contributed by atoms with van der Waals surface area (Å²) in [5, 5.41) is 19.9. The predicted molar refractivity (Wildman–Crippen MR) is 82.3 cm³/mol. The first-order valence-corrected chi connectivity index (χ1v) is 8.86. The van der Waals surface area contributed by atoms with Crippen molar-refractivity contribution in [2.75, 3.05) is 0 Å². The number of rotatable bonds is 0. The zero-order valence-electron chi connectivity index (χ0n) is 13.4. The molecule has 0 spiro atoms. The molecule has 124 valence electrons. The lowest BCUT2D eigenvalue weighted by atomic mass is 9.63. The fourth-order valence-corrected chi connectivity index (χ4v) is 5.41. The zero-order valence-corrected chi connectivity index (χ0v) is 13.4. The van der Waals surface area contributed by atoms with Gasteiger partial charge in [-0.15, -0.1) is 0 Å². The molecule has 2 atom stereocenters. The molecule has 3 rings (SSSR count). The van der Waals surface area contributed by atoms with Gasteiger partial charge in [-0.3, -0.25) is 9.59 Å². The van der Waals surface area contributed by atoms with E-state index in [4.69, 9.17) is 0 Å². The standard InChI is InChI=1S/C18H28O4/c19-13-9-17-7-3-1-5-15(21)16(22)6-2-4-8-18(17,11-13)12-14(20)10-17/h15-16,21-22H,1-12H2/t15-,16-,17?,18?/m0/s1. The molecule has 0 radical (unpaired) electrons. The Kier molecular flexibility index (Phi) is 4.43. The SMILES string of the molecule is O=C1CC23CCCC[C@H](O)[C@@H](O)CCCCC2(C1)CC(=O)C3. The van der Waals surface area contributed by atoms with E-state index >= 15 is 0 Å². The Labute approximate surface area is 132 Å². The molecule has 0 aromatic rings. The summed E-state index contributed by atoms with van der Waals surface area (Å²) in [6.45, 7) is 0. The fourth-order valence-electron chi connectivity index (χ4n) is 5.41. The molecule has 3 aliphatic rings. The van der Waals surface area contributed by atoms with Crippen LogP contribution in [-0.4, -0.2) is 34.0 Å². The van der Waals surface area contributed by atoms with Crippen molar-refractivity contribution in [3.63, 3.8) is 0 Å². The van der Waals surface area contributed by atoms with E-state index in [-0.39, 0.29) is 10.8 Å². The Bertz CT molecular complexity index is 398. The normalized spacial score (nSPS) is 44.1. The van der Waals surface area contributed by atoms with Crippen molar-refractivity contribution >= 4 is 11.6 Å². The summed E-state index contributed by atoms with van der Waals surface area (Å²) >= 11 is 0. The number of Topliss-reactive ketones (excluding diaryl/α,β-unsaturated/α-hetero) is 2. The molecule has 4 heteroatoms. The molecule has 3 saturated carbocycles. The second-order valence-corrected chi connectivity index (χ2v) is 7.97. The highest BCUT2D eigenvalue weighted by molar-refractivity contribution is 5.91. The average Bonchev–Trinajstić information content (AvgIpc) is 2.84. The summed E-state index contributed by atoms with van der Waals surface area (Å²) in [7, 11) is 0. The topological polar surface area (TPSA) is 74.6 Å². The van der Waals surface area contributed by atoms with Crippen LogP contribution in [0.5, 0.6) is 0 Å². The average molecular weight is 308 g/mol. The number of hydrogen-bond donors (Lipinski definition) is 2. The van der Waals surface area contributed by atoms with Crippen LogP contribution in [0.3, 0.4) is 0 Å². The summed E-state index contributed by atoms with van der Waals surface area (Å²) in [6, 6.07) is 0. The second kappa shape index (κ2) is 6.04. The van der Waals surface area contributed by atoms with Crippen molar-refractivity contribution in [1.29, 1.82) is 0 Å². The summed E-state index contributed by atoms with van der Waals surface area (Å²) < 4.78 is 0. The number of hydrogen-bond acceptors (Lipinski definition) is 4.